The molecule has 34 heavy (non-hydrogen) atoms. The van der Waals surface area contributed by atoms with Crippen molar-refractivity contribution in [3.8, 4) is 0 Å². The zero-order chi connectivity index (χ0) is 24.6. The van der Waals surface area contributed by atoms with Crippen molar-refractivity contribution >= 4 is 44.1 Å². The topological polar surface area (TPSA) is 119 Å². The molecule has 0 saturated carbocycles. The third-order valence-corrected chi connectivity index (χ3v) is 6.44. The van der Waals surface area contributed by atoms with Gasteiger partial charge in [0.05, 0.1) is 11.3 Å². The standard InChI is InChI=1S/C25H26N2O6S/c1-2-5-24(29)27-21-11-8-19(9-12-21)23(28)17-33-25(30)14-15-26-34(31,32)22-13-10-18-6-3-4-7-20(18)16-22/h3-4,6-13,16,26H,2,5,14-15,17H2,1H3,(H,27,29). The number of hydrogen-bond donors (Lipinski definition) is 2. The molecule has 0 aliphatic heterocycles. The molecule has 0 fully saturated rings. The van der Waals surface area contributed by atoms with Gasteiger partial charge in [0, 0.05) is 24.2 Å². The van der Waals surface area contributed by atoms with Crippen LogP contribution in [-0.4, -0.2) is 39.2 Å². The van der Waals surface area contributed by atoms with Crippen LogP contribution in [0.15, 0.2) is 71.6 Å². The number of hydrogen-bond acceptors (Lipinski definition) is 6. The van der Waals surface area contributed by atoms with Crippen LogP contribution in [0.1, 0.15) is 36.5 Å². The smallest absolute Gasteiger partial charge is 0.307 e. The van der Waals surface area contributed by atoms with Gasteiger partial charge in [0.1, 0.15) is 0 Å². The molecule has 0 saturated heterocycles. The summed E-state index contributed by atoms with van der Waals surface area (Å²) in [5.74, 6) is -1.21. The number of ketones is 1. The van der Waals surface area contributed by atoms with Gasteiger partial charge in [-0.2, -0.15) is 0 Å². The number of anilines is 1. The monoisotopic (exact) mass is 482 g/mol. The van der Waals surface area contributed by atoms with Crippen LogP contribution in [0.3, 0.4) is 0 Å². The van der Waals surface area contributed by atoms with Gasteiger partial charge in [0.25, 0.3) is 0 Å². The fourth-order valence-corrected chi connectivity index (χ4v) is 4.26. The summed E-state index contributed by atoms with van der Waals surface area (Å²) in [6.07, 6.45) is 0.927. The SMILES string of the molecule is CCCC(=O)Nc1ccc(C(=O)COC(=O)CCNS(=O)(=O)c2ccc3ccccc3c2)cc1. The van der Waals surface area contributed by atoms with Gasteiger partial charge in [-0.15, -0.1) is 0 Å². The average molecular weight is 483 g/mol. The van der Waals surface area contributed by atoms with E-state index < -0.39 is 28.4 Å². The Labute approximate surface area is 198 Å². The van der Waals surface area contributed by atoms with Gasteiger partial charge in [-0.05, 0) is 53.6 Å². The largest absolute Gasteiger partial charge is 0.457 e. The van der Waals surface area contributed by atoms with E-state index in [4.69, 9.17) is 4.74 Å². The summed E-state index contributed by atoms with van der Waals surface area (Å²) < 4.78 is 32.3. The number of carbonyl (C=O) groups is 3. The van der Waals surface area contributed by atoms with Crippen molar-refractivity contribution < 1.29 is 27.5 Å². The lowest BCUT2D eigenvalue weighted by molar-refractivity contribution is -0.142. The lowest BCUT2D eigenvalue weighted by Gasteiger charge is -2.09. The van der Waals surface area contributed by atoms with Crippen molar-refractivity contribution in [2.75, 3.05) is 18.5 Å². The highest BCUT2D eigenvalue weighted by Gasteiger charge is 2.16. The first kappa shape index (κ1) is 25.1. The summed E-state index contributed by atoms with van der Waals surface area (Å²) in [5.41, 5.74) is 0.906. The third kappa shape index (κ3) is 6.97. The molecule has 3 aromatic rings. The summed E-state index contributed by atoms with van der Waals surface area (Å²) in [5, 5.41) is 4.44. The zero-order valence-corrected chi connectivity index (χ0v) is 19.6. The minimum absolute atomic E-state index is 0.101. The van der Waals surface area contributed by atoms with Crippen LogP contribution >= 0.6 is 0 Å². The second-order valence-corrected chi connectivity index (χ2v) is 9.38. The molecule has 0 atom stereocenters. The van der Waals surface area contributed by atoms with Gasteiger partial charge >= 0.3 is 5.97 Å². The van der Waals surface area contributed by atoms with Crippen LogP contribution in [0.4, 0.5) is 5.69 Å². The molecule has 0 aromatic heterocycles. The summed E-state index contributed by atoms with van der Waals surface area (Å²) in [7, 11) is -3.79. The summed E-state index contributed by atoms with van der Waals surface area (Å²) >= 11 is 0. The Morgan fingerprint density at radius 3 is 2.29 bits per heavy atom. The lowest BCUT2D eigenvalue weighted by atomic mass is 10.1. The van der Waals surface area contributed by atoms with Crippen LogP contribution in [0.2, 0.25) is 0 Å². The molecule has 2 N–H and O–H groups in total. The highest BCUT2D eigenvalue weighted by atomic mass is 32.2. The van der Waals surface area contributed by atoms with Crippen molar-refractivity contribution in [1.29, 1.82) is 0 Å². The molecular weight excluding hydrogens is 456 g/mol. The summed E-state index contributed by atoms with van der Waals surface area (Å²) in [6, 6.07) is 18.5. The lowest BCUT2D eigenvalue weighted by Crippen LogP contribution is -2.27. The van der Waals surface area contributed by atoms with Crippen LogP contribution in [0.25, 0.3) is 10.8 Å². The first-order valence-electron chi connectivity index (χ1n) is 10.9. The quantitative estimate of drug-likeness (QED) is 0.318. The van der Waals surface area contributed by atoms with E-state index >= 15 is 0 Å². The molecule has 3 aromatic carbocycles. The van der Waals surface area contributed by atoms with E-state index in [0.717, 1.165) is 17.2 Å². The number of Topliss-reactive ketones (excluding diaryl/α,β-unsaturated/α-hetero) is 1. The number of benzene rings is 3. The van der Waals surface area contributed by atoms with Crippen molar-refractivity contribution in [2.24, 2.45) is 0 Å². The number of ether oxygens (including phenoxy) is 1. The maximum atomic E-state index is 12.5. The van der Waals surface area contributed by atoms with E-state index in [1.54, 1.807) is 24.3 Å². The second kappa shape index (κ2) is 11.5. The Kier molecular flexibility index (Phi) is 8.50. The molecule has 9 heteroatoms. The van der Waals surface area contributed by atoms with E-state index in [9.17, 15) is 22.8 Å². The molecular formula is C25H26N2O6S. The number of carbonyl (C=O) groups excluding carboxylic acids is 3. The first-order valence-corrected chi connectivity index (χ1v) is 12.3. The Balaban J connectivity index is 1.44. The molecule has 3 rings (SSSR count). The molecule has 0 bridgehead atoms. The van der Waals surface area contributed by atoms with Crippen LogP contribution in [-0.2, 0) is 24.3 Å². The molecule has 1 amide bonds. The average Bonchev–Trinajstić information content (AvgIpc) is 2.82. The van der Waals surface area contributed by atoms with Crippen LogP contribution in [0.5, 0.6) is 0 Å². The predicted octanol–water partition coefficient (Wildman–Crippen LogP) is 3.67. The van der Waals surface area contributed by atoms with E-state index in [1.807, 2.05) is 31.2 Å². The predicted molar refractivity (Wildman–Crippen MR) is 129 cm³/mol. The molecule has 8 nitrogen and oxygen atoms in total. The minimum Gasteiger partial charge on any atom is -0.457 e. The van der Waals surface area contributed by atoms with Gasteiger partial charge in [-0.1, -0.05) is 37.3 Å². The third-order valence-electron chi connectivity index (χ3n) is 4.98. The summed E-state index contributed by atoms with van der Waals surface area (Å²) in [6.45, 7) is 1.29. The zero-order valence-electron chi connectivity index (χ0n) is 18.7. The van der Waals surface area contributed by atoms with Gasteiger partial charge in [-0.3, -0.25) is 14.4 Å². The van der Waals surface area contributed by atoms with Gasteiger partial charge < -0.3 is 10.1 Å². The van der Waals surface area contributed by atoms with E-state index in [1.165, 1.54) is 18.2 Å². The number of fused-ring (bicyclic) bond motifs is 1. The van der Waals surface area contributed by atoms with E-state index in [0.29, 0.717) is 17.7 Å². The second-order valence-electron chi connectivity index (χ2n) is 7.62. The van der Waals surface area contributed by atoms with Crippen molar-refractivity contribution in [3.05, 3.63) is 72.3 Å². The number of rotatable bonds is 11. The number of amides is 1. The number of sulfonamides is 1. The van der Waals surface area contributed by atoms with E-state index in [-0.39, 0.29) is 23.8 Å². The normalized spacial score (nSPS) is 11.2. The van der Waals surface area contributed by atoms with Crippen molar-refractivity contribution in [3.63, 3.8) is 0 Å². The van der Waals surface area contributed by atoms with Crippen molar-refractivity contribution in [2.45, 2.75) is 31.1 Å². The maximum absolute atomic E-state index is 12.5. The van der Waals surface area contributed by atoms with Crippen LogP contribution < -0.4 is 10.0 Å². The summed E-state index contributed by atoms with van der Waals surface area (Å²) in [4.78, 5) is 35.9. The minimum atomic E-state index is -3.79. The Hall–Kier alpha value is -3.56. The molecule has 178 valence electrons. The van der Waals surface area contributed by atoms with Gasteiger partial charge in [0.2, 0.25) is 15.9 Å². The number of esters is 1. The van der Waals surface area contributed by atoms with Crippen molar-refractivity contribution in [1.82, 2.24) is 4.72 Å². The highest BCUT2D eigenvalue weighted by molar-refractivity contribution is 7.89. The number of nitrogens with one attached hydrogen (secondary N) is 2. The first-order chi connectivity index (χ1) is 16.3. The van der Waals surface area contributed by atoms with Gasteiger partial charge in [-0.25, -0.2) is 13.1 Å². The van der Waals surface area contributed by atoms with Crippen LogP contribution in [0, 0.1) is 0 Å². The molecule has 0 aliphatic rings. The highest BCUT2D eigenvalue weighted by Crippen LogP contribution is 2.18. The molecule has 0 unspecified atom stereocenters. The Morgan fingerprint density at radius 2 is 1.59 bits per heavy atom. The fourth-order valence-electron chi connectivity index (χ4n) is 3.20. The molecule has 0 heterocycles. The molecule has 0 radical (unpaired) electrons. The Bertz CT molecular complexity index is 1290. The molecule has 0 aliphatic carbocycles. The molecule has 0 spiro atoms. The maximum Gasteiger partial charge on any atom is 0.307 e. The Morgan fingerprint density at radius 1 is 0.882 bits per heavy atom. The fraction of sp³-hybridized carbons (Fsp3) is 0.240. The van der Waals surface area contributed by atoms with Gasteiger partial charge in [0.15, 0.2) is 12.4 Å². The van der Waals surface area contributed by atoms with E-state index in [2.05, 4.69) is 10.0 Å².